The smallest absolute Gasteiger partial charge is 0.221 e. The third kappa shape index (κ3) is 7.02. The molecule has 0 aromatic rings. The van der Waals surface area contributed by atoms with E-state index in [2.05, 4.69) is 20.7 Å². The van der Waals surface area contributed by atoms with Gasteiger partial charge in [0.05, 0.1) is 6.10 Å². The second-order valence-corrected chi connectivity index (χ2v) is 5.72. The van der Waals surface area contributed by atoms with Crippen LogP contribution in [0.4, 0.5) is 0 Å². The summed E-state index contributed by atoms with van der Waals surface area (Å²) < 4.78 is 24.0. The molecule has 0 aromatic heterocycles. The number of alkyl halides is 1. The second-order valence-electron chi connectivity index (χ2n) is 2.61. The van der Waals surface area contributed by atoms with Gasteiger partial charge in [-0.3, -0.25) is 0 Å². The van der Waals surface area contributed by atoms with Crippen LogP contribution in [-0.2, 0) is 10.0 Å². The zero-order valence-corrected chi connectivity index (χ0v) is 9.36. The van der Waals surface area contributed by atoms with Crippen LogP contribution in [0.1, 0.15) is 19.8 Å². The molecule has 0 radical (unpaired) electrons. The van der Waals surface area contributed by atoms with Gasteiger partial charge in [0.1, 0.15) is 4.66 Å². The quantitative estimate of drug-likeness (QED) is 0.537. The van der Waals surface area contributed by atoms with Crippen molar-refractivity contribution in [2.24, 2.45) is 0 Å². The number of aliphatic hydroxyl groups excluding tert-OH is 1. The van der Waals surface area contributed by atoms with Crippen molar-refractivity contribution in [2.75, 3.05) is 11.2 Å². The Kier molecular flexibility index (Phi) is 6.08. The van der Waals surface area contributed by atoms with Gasteiger partial charge < -0.3 is 5.11 Å². The van der Waals surface area contributed by atoms with E-state index in [1.165, 1.54) is 0 Å². The molecular formula is C6H14BrNO3S. The molecule has 2 N–H and O–H groups in total. The average molecular weight is 260 g/mol. The molecule has 1 atom stereocenters. The topological polar surface area (TPSA) is 66.4 Å². The number of rotatable bonds is 6. The molecule has 0 fully saturated rings. The van der Waals surface area contributed by atoms with Gasteiger partial charge >= 0.3 is 0 Å². The van der Waals surface area contributed by atoms with Crippen LogP contribution in [0.5, 0.6) is 0 Å². The first kappa shape index (κ1) is 12.3. The fraction of sp³-hybridized carbons (Fsp3) is 1.00. The van der Waals surface area contributed by atoms with Gasteiger partial charge in [-0.1, -0.05) is 15.9 Å². The number of sulfonamides is 1. The Balaban J connectivity index is 3.45. The fourth-order valence-corrected chi connectivity index (χ4v) is 1.68. The first-order chi connectivity index (χ1) is 5.48. The summed E-state index contributed by atoms with van der Waals surface area (Å²) in [6, 6.07) is 0. The van der Waals surface area contributed by atoms with Gasteiger partial charge in [0, 0.05) is 6.54 Å². The molecule has 0 saturated carbocycles. The number of aliphatic hydroxyl groups is 1. The van der Waals surface area contributed by atoms with Gasteiger partial charge in [0.2, 0.25) is 10.0 Å². The maximum atomic E-state index is 10.8. The van der Waals surface area contributed by atoms with E-state index in [9.17, 15) is 8.42 Å². The minimum atomic E-state index is -3.13. The molecule has 4 nitrogen and oxygen atoms in total. The highest BCUT2D eigenvalue weighted by molar-refractivity contribution is 9.10. The lowest BCUT2D eigenvalue weighted by molar-refractivity contribution is 0.182. The van der Waals surface area contributed by atoms with Gasteiger partial charge in [-0.05, 0) is 19.8 Å². The highest BCUT2D eigenvalue weighted by atomic mass is 79.9. The van der Waals surface area contributed by atoms with E-state index in [0.29, 0.717) is 19.4 Å². The van der Waals surface area contributed by atoms with Gasteiger partial charge in [0.25, 0.3) is 0 Å². The Labute approximate surface area is 81.5 Å². The summed E-state index contributed by atoms with van der Waals surface area (Å²) in [5.41, 5.74) is 0. The van der Waals surface area contributed by atoms with E-state index in [4.69, 9.17) is 5.11 Å². The first-order valence-corrected chi connectivity index (χ1v) is 6.46. The number of hydrogen-bond donors (Lipinski definition) is 2. The summed E-state index contributed by atoms with van der Waals surface area (Å²) in [6.07, 6.45) is 0.910. The zero-order chi connectivity index (χ0) is 9.61. The van der Waals surface area contributed by atoms with E-state index in [1.807, 2.05) is 0 Å². The fourth-order valence-electron chi connectivity index (χ4n) is 0.664. The van der Waals surface area contributed by atoms with E-state index < -0.39 is 10.0 Å². The van der Waals surface area contributed by atoms with Crippen LogP contribution in [0.3, 0.4) is 0 Å². The van der Waals surface area contributed by atoms with E-state index in [0.717, 1.165) is 0 Å². The van der Waals surface area contributed by atoms with Crippen LogP contribution < -0.4 is 4.72 Å². The van der Waals surface area contributed by atoms with Crippen LogP contribution in [0.2, 0.25) is 0 Å². The Hall–Kier alpha value is 0.350. The van der Waals surface area contributed by atoms with Crippen molar-refractivity contribution in [1.82, 2.24) is 4.72 Å². The molecule has 0 aliphatic heterocycles. The van der Waals surface area contributed by atoms with Crippen LogP contribution in [-0.4, -0.2) is 30.8 Å². The van der Waals surface area contributed by atoms with E-state index in [1.54, 1.807) is 6.92 Å². The Bertz CT molecular complexity index is 203. The van der Waals surface area contributed by atoms with E-state index >= 15 is 0 Å². The van der Waals surface area contributed by atoms with Crippen molar-refractivity contribution in [2.45, 2.75) is 25.9 Å². The van der Waals surface area contributed by atoms with Gasteiger partial charge in [-0.25, -0.2) is 13.1 Å². The third-order valence-corrected chi connectivity index (χ3v) is 4.00. The predicted molar refractivity (Wildman–Crippen MR) is 51.6 cm³/mol. The molecular weight excluding hydrogens is 246 g/mol. The third-order valence-electron chi connectivity index (χ3n) is 1.26. The highest BCUT2D eigenvalue weighted by Crippen LogP contribution is 1.96. The number of hydrogen-bond acceptors (Lipinski definition) is 3. The molecule has 0 heterocycles. The minimum absolute atomic E-state index is 0.0747. The Morgan fingerprint density at radius 3 is 2.58 bits per heavy atom. The maximum absolute atomic E-state index is 10.8. The average Bonchev–Trinajstić information content (AvgIpc) is 1.98. The summed E-state index contributed by atoms with van der Waals surface area (Å²) >= 11 is 2.85. The molecule has 0 amide bonds. The summed E-state index contributed by atoms with van der Waals surface area (Å²) in [5, 5.41) is 8.85. The molecule has 0 aliphatic rings. The monoisotopic (exact) mass is 259 g/mol. The highest BCUT2D eigenvalue weighted by Gasteiger charge is 2.05. The van der Waals surface area contributed by atoms with E-state index in [-0.39, 0.29) is 10.8 Å². The zero-order valence-electron chi connectivity index (χ0n) is 6.96. The molecule has 1 unspecified atom stereocenters. The summed E-state index contributed by atoms with van der Waals surface area (Å²) in [7, 11) is -3.13. The van der Waals surface area contributed by atoms with Gasteiger partial charge in [0.15, 0.2) is 0 Å². The molecule has 0 aromatic carbocycles. The van der Waals surface area contributed by atoms with Crippen LogP contribution in [0.15, 0.2) is 0 Å². The SMILES string of the molecule is CC(O)CCCNS(=O)(=O)CBr. The van der Waals surface area contributed by atoms with Crippen molar-refractivity contribution in [3.05, 3.63) is 0 Å². The van der Waals surface area contributed by atoms with Crippen LogP contribution in [0.25, 0.3) is 0 Å². The second kappa shape index (κ2) is 5.90. The molecule has 0 saturated heterocycles. The normalized spacial score (nSPS) is 14.6. The van der Waals surface area contributed by atoms with Crippen LogP contribution in [0, 0.1) is 0 Å². The lowest BCUT2D eigenvalue weighted by Gasteiger charge is -2.04. The summed E-state index contributed by atoms with van der Waals surface area (Å²) in [5.74, 6) is 0. The standard InChI is InChI=1S/C6H14BrNO3S/c1-6(9)3-2-4-8-12(10,11)5-7/h6,8-9H,2-5H2,1H3. The van der Waals surface area contributed by atoms with Crippen molar-refractivity contribution in [3.63, 3.8) is 0 Å². The lowest BCUT2D eigenvalue weighted by Crippen LogP contribution is -2.25. The Morgan fingerprint density at radius 2 is 2.17 bits per heavy atom. The van der Waals surface area contributed by atoms with Crippen molar-refractivity contribution < 1.29 is 13.5 Å². The lowest BCUT2D eigenvalue weighted by atomic mass is 10.2. The molecule has 0 rings (SSSR count). The number of nitrogens with one attached hydrogen (secondary N) is 1. The minimum Gasteiger partial charge on any atom is -0.393 e. The molecule has 0 spiro atoms. The number of halogens is 1. The largest absolute Gasteiger partial charge is 0.393 e. The molecule has 0 bridgehead atoms. The van der Waals surface area contributed by atoms with Gasteiger partial charge in [-0.15, -0.1) is 0 Å². The molecule has 6 heteroatoms. The summed E-state index contributed by atoms with van der Waals surface area (Å²) in [6.45, 7) is 2.07. The van der Waals surface area contributed by atoms with Crippen molar-refractivity contribution >= 4 is 26.0 Å². The van der Waals surface area contributed by atoms with Crippen molar-refractivity contribution in [1.29, 1.82) is 0 Å². The molecule has 12 heavy (non-hydrogen) atoms. The molecule has 0 aliphatic carbocycles. The molecule has 74 valence electrons. The van der Waals surface area contributed by atoms with Crippen LogP contribution >= 0.6 is 15.9 Å². The van der Waals surface area contributed by atoms with Gasteiger partial charge in [-0.2, -0.15) is 0 Å². The maximum Gasteiger partial charge on any atom is 0.221 e. The van der Waals surface area contributed by atoms with Crippen molar-refractivity contribution in [3.8, 4) is 0 Å². The first-order valence-electron chi connectivity index (χ1n) is 3.69. The predicted octanol–water partition coefficient (Wildman–Crippen LogP) is 0.419. The summed E-state index contributed by atoms with van der Waals surface area (Å²) in [4.78, 5) is 0. The Morgan fingerprint density at radius 1 is 1.58 bits per heavy atom.